The van der Waals surface area contributed by atoms with Gasteiger partial charge < -0.3 is 10.3 Å². The Morgan fingerprint density at radius 1 is 1.27 bits per heavy atom. The van der Waals surface area contributed by atoms with Gasteiger partial charge in [-0.15, -0.1) is 0 Å². The molecule has 0 spiro atoms. The highest BCUT2D eigenvalue weighted by Crippen LogP contribution is 2.24. The SMILES string of the molecule is CC(C)c1nc(-c2ccccc2N)no1. The van der Waals surface area contributed by atoms with Crippen molar-refractivity contribution < 1.29 is 4.52 Å². The molecule has 0 aliphatic heterocycles. The molecule has 0 aliphatic rings. The molecule has 1 aromatic heterocycles. The molecule has 4 nitrogen and oxygen atoms in total. The topological polar surface area (TPSA) is 64.9 Å². The van der Waals surface area contributed by atoms with Gasteiger partial charge in [0.1, 0.15) is 0 Å². The molecule has 1 aromatic carbocycles. The zero-order valence-electron chi connectivity index (χ0n) is 8.77. The van der Waals surface area contributed by atoms with Crippen molar-refractivity contribution in [3.8, 4) is 11.4 Å². The second kappa shape index (κ2) is 3.73. The zero-order chi connectivity index (χ0) is 10.8. The molecule has 0 saturated carbocycles. The van der Waals surface area contributed by atoms with Gasteiger partial charge in [0.05, 0.1) is 0 Å². The maximum atomic E-state index is 5.82. The summed E-state index contributed by atoms with van der Waals surface area (Å²) in [5, 5.41) is 3.90. The average Bonchev–Trinajstić information content (AvgIpc) is 2.67. The van der Waals surface area contributed by atoms with Crippen LogP contribution in [0.5, 0.6) is 0 Å². The van der Waals surface area contributed by atoms with Crippen molar-refractivity contribution in [3.05, 3.63) is 30.2 Å². The Hall–Kier alpha value is -1.84. The van der Waals surface area contributed by atoms with Crippen LogP contribution in [0.3, 0.4) is 0 Å². The first-order valence-electron chi connectivity index (χ1n) is 4.87. The number of nitrogens with two attached hydrogens (primary N) is 1. The lowest BCUT2D eigenvalue weighted by atomic mass is 10.1. The van der Waals surface area contributed by atoms with Gasteiger partial charge in [0, 0.05) is 17.2 Å². The van der Waals surface area contributed by atoms with Crippen molar-refractivity contribution in [2.75, 3.05) is 5.73 Å². The van der Waals surface area contributed by atoms with Crippen LogP contribution in [0, 0.1) is 0 Å². The van der Waals surface area contributed by atoms with E-state index in [4.69, 9.17) is 10.3 Å². The largest absolute Gasteiger partial charge is 0.398 e. The molecular weight excluding hydrogens is 190 g/mol. The van der Waals surface area contributed by atoms with E-state index in [2.05, 4.69) is 10.1 Å². The molecule has 1 heterocycles. The Morgan fingerprint density at radius 3 is 2.60 bits per heavy atom. The average molecular weight is 203 g/mol. The van der Waals surface area contributed by atoms with E-state index in [1.165, 1.54) is 0 Å². The summed E-state index contributed by atoms with van der Waals surface area (Å²) in [6.45, 7) is 4.01. The monoisotopic (exact) mass is 203 g/mol. The van der Waals surface area contributed by atoms with E-state index in [1.54, 1.807) is 0 Å². The summed E-state index contributed by atoms with van der Waals surface area (Å²) >= 11 is 0. The number of hydrogen-bond acceptors (Lipinski definition) is 4. The Balaban J connectivity index is 2.42. The van der Waals surface area contributed by atoms with E-state index >= 15 is 0 Å². The molecule has 78 valence electrons. The summed E-state index contributed by atoms with van der Waals surface area (Å²) in [5.74, 6) is 1.42. The fraction of sp³-hybridized carbons (Fsp3) is 0.273. The number of para-hydroxylation sites is 1. The Labute approximate surface area is 88.1 Å². The molecule has 0 aliphatic carbocycles. The van der Waals surface area contributed by atoms with E-state index < -0.39 is 0 Å². The third-order valence-corrected chi connectivity index (χ3v) is 2.14. The summed E-state index contributed by atoms with van der Waals surface area (Å²) < 4.78 is 5.12. The van der Waals surface area contributed by atoms with Crippen molar-refractivity contribution in [2.45, 2.75) is 19.8 Å². The second-order valence-corrected chi connectivity index (χ2v) is 3.70. The molecule has 2 aromatic rings. The predicted octanol–water partition coefficient (Wildman–Crippen LogP) is 2.44. The molecule has 0 bridgehead atoms. The van der Waals surface area contributed by atoms with Crippen LogP contribution >= 0.6 is 0 Å². The molecule has 0 fully saturated rings. The van der Waals surface area contributed by atoms with Crippen LogP contribution in [0.1, 0.15) is 25.7 Å². The molecule has 2 N–H and O–H groups in total. The fourth-order valence-corrected chi connectivity index (χ4v) is 1.28. The Kier molecular flexibility index (Phi) is 2.41. The lowest BCUT2D eigenvalue weighted by molar-refractivity contribution is 0.365. The van der Waals surface area contributed by atoms with E-state index in [1.807, 2.05) is 38.1 Å². The fourth-order valence-electron chi connectivity index (χ4n) is 1.28. The maximum Gasteiger partial charge on any atom is 0.229 e. The first-order chi connectivity index (χ1) is 7.18. The smallest absolute Gasteiger partial charge is 0.229 e. The number of nitrogens with zero attached hydrogens (tertiary/aromatic N) is 2. The predicted molar refractivity (Wildman–Crippen MR) is 58.2 cm³/mol. The molecule has 0 unspecified atom stereocenters. The van der Waals surface area contributed by atoms with E-state index in [0.29, 0.717) is 17.4 Å². The van der Waals surface area contributed by atoms with Crippen LogP contribution in [0.4, 0.5) is 5.69 Å². The number of nitrogen functional groups attached to an aromatic ring is 1. The molecule has 0 saturated heterocycles. The van der Waals surface area contributed by atoms with Gasteiger partial charge in [-0.1, -0.05) is 31.1 Å². The van der Waals surface area contributed by atoms with Crippen molar-refractivity contribution in [1.29, 1.82) is 0 Å². The summed E-state index contributed by atoms with van der Waals surface area (Å²) in [5.41, 5.74) is 7.29. The van der Waals surface area contributed by atoms with Crippen LogP contribution in [0.2, 0.25) is 0 Å². The summed E-state index contributed by atoms with van der Waals surface area (Å²) in [6.07, 6.45) is 0. The third kappa shape index (κ3) is 1.83. The minimum atomic E-state index is 0.233. The quantitative estimate of drug-likeness (QED) is 0.761. The summed E-state index contributed by atoms with van der Waals surface area (Å²) in [6, 6.07) is 7.48. The van der Waals surface area contributed by atoms with Gasteiger partial charge in [0.25, 0.3) is 0 Å². The van der Waals surface area contributed by atoms with E-state index in [-0.39, 0.29) is 5.92 Å². The van der Waals surface area contributed by atoms with Gasteiger partial charge in [-0.05, 0) is 12.1 Å². The molecule has 0 atom stereocenters. The number of hydrogen-bond donors (Lipinski definition) is 1. The van der Waals surface area contributed by atoms with Crippen molar-refractivity contribution in [1.82, 2.24) is 10.1 Å². The van der Waals surface area contributed by atoms with Gasteiger partial charge in [-0.2, -0.15) is 4.98 Å². The van der Waals surface area contributed by atoms with Gasteiger partial charge in [0.15, 0.2) is 0 Å². The molecule has 15 heavy (non-hydrogen) atoms. The van der Waals surface area contributed by atoms with Gasteiger partial charge >= 0.3 is 0 Å². The first-order valence-corrected chi connectivity index (χ1v) is 4.87. The van der Waals surface area contributed by atoms with Gasteiger partial charge in [-0.25, -0.2) is 0 Å². The second-order valence-electron chi connectivity index (χ2n) is 3.70. The van der Waals surface area contributed by atoms with Crippen LogP contribution in [-0.2, 0) is 0 Å². The minimum absolute atomic E-state index is 0.233. The Bertz CT molecular complexity index is 462. The van der Waals surface area contributed by atoms with Crippen molar-refractivity contribution in [3.63, 3.8) is 0 Å². The molecule has 0 radical (unpaired) electrons. The zero-order valence-corrected chi connectivity index (χ0v) is 8.77. The van der Waals surface area contributed by atoms with Crippen LogP contribution < -0.4 is 5.73 Å². The molecule has 4 heteroatoms. The van der Waals surface area contributed by atoms with Crippen LogP contribution in [0.25, 0.3) is 11.4 Å². The third-order valence-electron chi connectivity index (χ3n) is 2.14. The highest BCUT2D eigenvalue weighted by Gasteiger charge is 2.12. The normalized spacial score (nSPS) is 10.9. The van der Waals surface area contributed by atoms with Crippen molar-refractivity contribution in [2.24, 2.45) is 0 Å². The molecular formula is C11H13N3O. The van der Waals surface area contributed by atoms with Crippen LogP contribution in [0.15, 0.2) is 28.8 Å². The number of benzene rings is 1. The molecule has 0 amide bonds. The lowest BCUT2D eigenvalue weighted by Gasteiger charge is -1.98. The standard InChI is InChI=1S/C11H13N3O/c1-7(2)11-13-10(14-15-11)8-5-3-4-6-9(8)12/h3-7H,12H2,1-2H3. The maximum absolute atomic E-state index is 5.82. The number of rotatable bonds is 2. The highest BCUT2D eigenvalue weighted by molar-refractivity contribution is 5.70. The van der Waals surface area contributed by atoms with E-state index in [9.17, 15) is 0 Å². The first kappa shape index (κ1) is 9.71. The number of anilines is 1. The molecule has 2 rings (SSSR count). The van der Waals surface area contributed by atoms with Crippen molar-refractivity contribution >= 4 is 5.69 Å². The van der Waals surface area contributed by atoms with Crippen LogP contribution in [-0.4, -0.2) is 10.1 Å². The van der Waals surface area contributed by atoms with Gasteiger partial charge in [0.2, 0.25) is 11.7 Å². The minimum Gasteiger partial charge on any atom is -0.398 e. The van der Waals surface area contributed by atoms with Gasteiger partial charge in [-0.3, -0.25) is 0 Å². The number of aromatic nitrogens is 2. The summed E-state index contributed by atoms with van der Waals surface area (Å²) in [4.78, 5) is 4.28. The summed E-state index contributed by atoms with van der Waals surface area (Å²) in [7, 11) is 0. The van der Waals surface area contributed by atoms with E-state index in [0.717, 1.165) is 5.56 Å². The lowest BCUT2D eigenvalue weighted by Crippen LogP contribution is -1.91. The highest BCUT2D eigenvalue weighted by atomic mass is 16.5. The Morgan fingerprint density at radius 2 is 2.00 bits per heavy atom.